The van der Waals surface area contributed by atoms with Gasteiger partial charge in [-0.2, -0.15) is 9.97 Å². The van der Waals surface area contributed by atoms with Crippen molar-refractivity contribution in [1.82, 2.24) is 24.8 Å². The molecule has 4 fully saturated rings. The molecule has 8 rings (SSSR count). The standard InChI is InChI=1S/C36H37F3N6O3/c1-2-26-29(38)5-4-22-16-25(46)17-27(30(22)26)32-31(39)33-28(19-40-32)34(44-10-6-24(7-11-44)43-12-14-47-15-13-43)42-35(41-33)48-21-36-8-3-9-45(36)20-23(37)18-36/h1,4-5,16-17,19,23-24,46H,3,6-15,18,20-21H2/t23-,36+/m1/s1. The van der Waals surface area contributed by atoms with Gasteiger partial charge in [0, 0.05) is 62.3 Å². The Balaban J connectivity index is 1.21. The Kier molecular flexibility index (Phi) is 8.01. The minimum absolute atomic E-state index is 0.00325. The number of morpholine rings is 1. The van der Waals surface area contributed by atoms with E-state index in [0.29, 0.717) is 48.7 Å². The van der Waals surface area contributed by atoms with Crippen molar-refractivity contribution < 1.29 is 27.8 Å². The van der Waals surface area contributed by atoms with Gasteiger partial charge < -0.3 is 19.5 Å². The first kappa shape index (κ1) is 31.1. The number of aromatic hydroxyl groups is 1. The summed E-state index contributed by atoms with van der Waals surface area (Å²) in [5.41, 5.74) is -0.495. The van der Waals surface area contributed by atoms with Gasteiger partial charge in [-0.3, -0.25) is 14.8 Å². The Morgan fingerprint density at radius 1 is 1.08 bits per heavy atom. The maximum absolute atomic E-state index is 16.9. The average molecular weight is 659 g/mol. The molecule has 250 valence electrons. The molecular formula is C36H37F3N6O3. The van der Waals surface area contributed by atoms with Gasteiger partial charge in [-0.25, -0.2) is 13.2 Å². The van der Waals surface area contributed by atoms with Gasteiger partial charge in [-0.15, -0.1) is 6.42 Å². The van der Waals surface area contributed by atoms with Gasteiger partial charge in [0.05, 0.1) is 29.7 Å². The molecule has 0 aliphatic carbocycles. The van der Waals surface area contributed by atoms with E-state index in [1.165, 1.54) is 30.5 Å². The maximum Gasteiger partial charge on any atom is 0.319 e. The predicted molar refractivity (Wildman–Crippen MR) is 176 cm³/mol. The zero-order valence-electron chi connectivity index (χ0n) is 26.6. The number of halogens is 3. The number of phenolic OH excluding ortho intramolecular Hbond substituents is 1. The summed E-state index contributed by atoms with van der Waals surface area (Å²) in [6.07, 6.45) is 10.2. The SMILES string of the molecule is C#Cc1c(F)ccc2cc(O)cc(-c3ncc4c(N5CCC(N6CCOCC6)CC5)nc(OC[C@@]56CCCN5C[C@H](F)C6)nc4c3F)c12. The van der Waals surface area contributed by atoms with Crippen LogP contribution in [0.4, 0.5) is 19.0 Å². The summed E-state index contributed by atoms with van der Waals surface area (Å²) in [5.74, 6) is 1.34. The Morgan fingerprint density at radius 2 is 1.90 bits per heavy atom. The van der Waals surface area contributed by atoms with Crippen LogP contribution in [0.2, 0.25) is 0 Å². The van der Waals surface area contributed by atoms with Crippen molar-refractivity contribution in [2.24, 2.45) is 0 Å². The van der Waals surface area contributed by atoms with Crippen LogP contribution in [0, 0.1) is 24.0 Å². The smallest absolute Gasteiger partial charge is 0.319 e. The first-order valence-electron chi connectivity index (χ1n) is 16.7. The van der Waals surface area contributed by atoms with Crippen LogP contribution >= 0.6 is 0 Å². The molecule has 9 nitrogen and oxygen atoms in total. The van der Waals surface area contributed by atoms with Crippen LogP contribution in [0.5, 0.6) is 11.8 Å². The third-order valence-electron chi connectivity index (χ3n) is 10.7. The second-order valence-corrected chi connectivity index (χ2v) is 13.4. The van der Waals surface area contributed by atoms with Crippen molar-refractivity contribution in [3.8, 4) is 35.4 Å². The molecule has 1 N–H and O–H groups in total. The van der Waals surface area contributed by atoms with Gasteiger partial charge in [0.2, 0.25) is 0 Å². The third kappa shape index (κ3) is 5.38. The summed E-state index contributed by atoms with van der Waals surface area (Å²) in [7, 11) is 0. The van der Waals surface area contributed by atoms with Gasteiger partial charge >= 0.3 is 6.01 Å². The average Bonchev–Trinajstić information content (AvgIpc) is 3.63. The largest absolute Gasteiger partial charge is 0.508 e. The lowest BCUT2D eigenvalue weighted by atomic mass is 9.95. The van der Waals surface area contributed by atoms with Crippen LogP contribution in [-0.2, 0) is 4.74 Å². The molecule has 2 aromatic heterocycles. The van der Waals surface area contributed by atoms with Gasteiger partial charge in [0.15, 0.2) is 5.82 Å². The van der Waals surface area contributed by atoms with Crippen LogP contribution in [0.3, 0.4) is 0 Å². The van der Waals surface area contributed by atoms with Crippen LogP contribution in [0.15, 0.2) is 30.5 Å². The van der Waals surface area contributed by atoms with Crippen molar-refractivity contribution in [3.05, 3.63) is 47.7 Å². The number of alkyl halides is 1. The van der Waals surface area contributed by atoms with Crippen molar-refractivity contribution in [2.75, 3.05) is 64.0 Å². The zero-order valence-corrected chi connectivity index (χ0v) is 26.6. The fourth-order valence-electron chi connectivity index (χ4n) is 8.30. The minimum Gasteiger partial charge on any atom is -0.508 e. The minimum atomic E-state index is -0.921. The van der Waals surface area contributed by atoms with Gasteiger partial charge in [0.1, 0.15) is 41.4 Å². The normalized spacial score (nSPS) is 24.0. The second-order valence-electron chi connectivity index (χ2n) is 13.4. The Hall–Kier alpha value is -4.18. The van der Waals surface area contributed by atoms with Crippen LogP contribution < -0.4 is 9.64 Å². The molecule has 48 heavy (non-hydrogen) atoms. The first-order valence-corrected chi connectivity index (χ1v) is 16.7. The molecule has 0 amide bonds. The predicted octanol–water partition coefficient (Wildman–Crippen LogP) is 5.07. The van der Waals surface area contributed by atoms with Crippen LogP contribution in [-0.4, -0.2) is 107 Å². The molecule has 0 spiro atoms. The van der Waals surface area contributed by atoms with Gasteiger partial charge in [0.25, 0.3) is 0 Å². The Bertz CT molecular complexity index is 1920. The Morgan fingerprint density at radius 3 is 2.69 bits per heavy atom. The molecular weight excluding hydrogens is 621 g/mol. The van der Waals surface area contributed by atoms with E-state index >= 15 is 4.39 Å². The maximum atomic E-state index is 16.9. The van der Waals surface area contributed by atoms with E-state index in [1.54, 1.807) is 0 Å². The summed E-state index contributed by atoms with van der Waals surface area (Å²) in [5, 5.41) is 11.7. The number of terminal acetylenes is 1. The highest BCUT2D eigenvalue weighted by atomic mass is 19.1. The molecule has 4 aliphatic heterocycles. The number of phenols is 1. The lowest BCUT2D eigenvalue weighted by Crippen LogP contribution is -2.49. The number of aromatic nitrogens is 3. The third-order valence-corrected chi connectivity index (χ3v) is 10.7. The highest BCUT2D eigenvalue weighted by molar-refractivity contribution is 6.03. The molecule has 2 atom stereocenters. The molecule has 4 aromatic rings. The summed E-state index contributed by atoms with van der Waals surface area (Å²) >= 11 is 0. The molecule has 4 aliphatic rings. The van der Waals surface area contributed by atoms with E-state index in [1.807, 2.05) is 0 Å². The highest BCUT2D eigenvalue weighted by Crippen LogP contribution is 2.42. The fourth-order valence-corrected chi connectivity index (χ4v) is 8.30. The summed E-state index contributed by atoms with van der Waals surface area (Å²) in [4.78, 5) is 20.6. The van der Waals surface area contributed by atoms with Crippen LogP contribution in [0.1, 0.15) is 37.7 Å². The monoisotopic (exact) mass is 658 g/mol. The number of pyridine rings is 1. The Labute approximate surface area is 276 Å². The number of fused-ring (bicyclic) bond motifs is 3. The van der Waals surface area contributed by atoms with Crippen molar-refractivity contribution in [2.45, 2.75) is 49.9 Å². The van der Waals surface area contributed by atoms with E-state index in [9.17, 15) is 13.9 Å². The number of nitrogens with zero attached hydrogens (tertiary/aromatic N) is 6. The topological polar surface area (TPSA) is 87.1 Å². The van der Waals surface area contributed by atoms with E-state index in [4.69, 9.17) is 20.9 Å². The summed E-state index contributed by atoms with van der Waals surface area (Å²) in [6.45, 7) is 6.06. The van der Waals surface area contributed by atoms with Crippen molar-refractivity contribution >= 4 is 27.5 Å². The number of hydrogen-bond donors (Lipinski definition) is 1. The molecule has 0 bridgehead atoms. The van der Waals surface area contributed by atoms with E-state index in [-0.39, 0.29) is 46.1 Å². The van der Waals surface area contributed by atoms with E-state index in [0.717, 1.165) is 58.5 Å². The van der Waals surface area contributed by atoms with E-state index < -0.39 is 23.3 Å². The number of benzene rings is 2. The quantitative estimate of drug-likeness (QED) is 0.286. The van der Waals surface area contributed by atoms with Gasteiger partial charge in [-0.1, -0.05) is 12.0 Å². The summed E-state index contributed by atoms with van der Waals surface area (Å²) < 4.78 is 58.0. The van der Waals surface area contributed by atoms with Crippen molar-refractivity contribution in [3.63, 3.8) is 0 Å². The summed E-state index contributed by atoms with van der Waals surface area (Å²) in [6, 6.07) is 5.90. The number of piperidine rings is 1. The highest BCUT2D eigenvalue weighted by Gasteiger charge is 2.49. The van der Waals surface area contributed by atoms with Gasteiger partial charge in [-0.05, 0) is 55.8 Å². The van der Waals surface area contributed by atoms with Crippen molar-refractivity contribution in [1.29, 1.82) is 0 Å². The number of hydrogen-bond acceptors (Lipinski definition) is 9. The molecule has 0 saturated carbocycles. The lowest BCUT2D eigenvalue weighted by molar-refractivity contribution is 0.0115. The lowest BCUT2D eigenvalue weighted by Gasteiger charge is -2.40. The molecule has 12 heteroatoms. The molecule has 6 heterocycles. The molecule has 4 saturated heterocycles. The second kappa shape index (κ2) is 12.4. The first-order chi connectivity index (χ1) is 23.3. The van der Waals surface area contributed by atoms with E-state index in [2.05, 4.69) is 30.6 Å². The number of rotatable bonds is 6. The zero-order chi connectivity index (χ0) is 33.0. The molecule has 0 unspecified atom stereocenters. The fraction of sp³-hybridized carbons (Fsp3) is 0.472. The molecule has 0 radical (unpaired) electrons. The molecule has 2 aromatic carbocycles. The number of anilines is 1. The van der Waals surface area contributed by atoms with Crippen LogP contribution in [0.25, 0.3) is 32.9 Å². The number of ether oxygens (including phenoxy) is 2.